The molecular weight excluding hydrogens is 368 g/mol. The molecule has 2 aromatic carbocycles. The van der Waals surface area contributed by atoms with Crippen molar-refractivity contribution in [1.82, 2.24) is 0 Å². The number of para-hydroxylation sites is 1. The summed E-state index contributed by atoms with van der Waals surface area (Å²) >= 11 is 5.99. The number of halogens is 1. The average Bonchev–Trinajstić information content (AvgIpc) is 3.18. The highest BCUT2D eigenvalue weighted by Crippen LogP contribution is 2.38. The van der Waals surface area contributed by atoms with Gasteiger partial charge in [0.2, 0.25) is 5.76 Å². The van der Waals surface area contributed by atoms with Gasteiger partial charge in [-0.3, -0.25) is 9.69 Å². The second-order valence-corrected chi connectivity index (χ2v) is 6.38. The van der Waals surface area contributed by atoms with Crippen LogP contribution in [0.1, 0.15) is 32.6 Å². The number of methoxy groups -OCH3 is 1. The Kier molecular flexibility index (Phi) is 4.33. The van der Waals surface area contributed by atoms with E-state index in [1.807, 2.05) is 12.1 Å². The lowest BCUT2D eigenvalue weighted by atomic mass is 10.0. The van der Waals surface area contributed by atoms with E-state index in [2.05, 4.69) is 5.32 Å². The number of hydrogen-bond donors (Lipinski definition) is 1. The van der Waals surface area contributed by atoms with E-state index in [-0.39, 0.29) is 11.7 Å². The second kappa shape index (κ2) is 6.81. The maximum atomic E-state index is 13.3. The molecule has 2 heterocycles. The zero-order valence-corrected chi connectivity index (χ0v) is 15.1. The molecule has 0 saturated carbocycles. The molecule has 4 rings (SSSR count). The van der Waals surface area contributed by atoms with Gasteiger partial charge >= 0.3 is 5.97 Å². The number of amides is 1. The number of carbonyl (C=O) groups is 2. The highest BCUT2D eigenvalue weighted by Gasteiger charge is 2.37. The fraction of sp³-hybridized carbons (Fsp3) is 0.100. The third-order valence-electron chi connectivity index (χ3n) is 4.39. The number of hydrogen-bond acceptors (Lipinski definition) is 5. The summed E-state index contributed by atoms with van der Waals surface area (Å²) in [5, 5.41) is 3.88. The van der Waals surface area contributed by atoms with Gasteiger partial charge in [-0.05, 0) is 42.5 Å². The summed E-state index contributed by atoms with van der Waals surface area (Å²) in [6.07, 6.45) is 0.746. The molecule has 3 aromatic rings. The van der Waals surface area contributed by atoms with Crippen molar-refractivity contribution in [3.63, 3.8) is 0 Å². The van der Waals surface area contributed by atoms with Crippen LogP contribution in [0, 0.1) is 0 Å². The molecule has 1 N–H and O–H groups in total. The van der Waals surface area contributed by atoms with Gasteiger partial charge in [-0.25, -0.2) is 4.79 Å². The summed E-state index contributed by atoms with van der Waals surface area (Å²) in [7, 11) is 1.28. The number of rotatable bonds is 3. The molecule has 1 amide bonds. The number of fused-ring (bicyclic) bond motifs is 1. The fourth-order valence-electron chi connectivity index (χ4n) is 3.13. The maximum absolute atomic E-state index is 13.3. The molecule has 1 aliphatic rings. The van der Waals surface area contributed by atoms with Crippen LogP contribution in [0.3, 0.4) is 0 Å². The van der Waals surface area contributed by atoms with Crippen LogP contribution in [0.15, 0.2) is 65.3 Å². The van der Waals surface area contributed by atoms with E-state index in [4.69, 9.17) is 20.8 Å². The molecule has 6 nitrogen and oxygen atoms in total. The number of benzene rings is 2. The van der Waals surface area contributed by atoms with Gasteiger partial charge in [0.15, 0.2) is 0 Å². The first-order valence-electron chi connectivity index (χ1n) is 8.20. The lowest BCUT2D eigenvalue weighted by Crippen LogP contribution is -2.43. The smallest absolute Gasteiger partial charge is 0.374 e. The molecule has 0 aliphatic carbocycles. The summed E-state index contributed by atoms with van der Waals surface area (Å²) in [4.78, 5) is 26.9. The summed E-state index contributed by atoms with van der Waals surface area (Å²) in [6, 6.07) is 15.8. The SMILES string of the molecule is COC(=O)c1occc1[C@@H]1Nc2ccccc2C(=O)N1c1ccc(Cl)cc1. The minimum atomic E-state index is -0.651. The van der Waals surface area contributed by atoms with Gasteiger partial charge in [0.05, 0.1) is 18.9 Å². The van der Waals surface area contributed by atoms with E-state index in [1.165, 1.54) is 13.4 Å². The largest absolute Gasteiger partial charge is 0.463 e. The van der Waals surface area contributed by atoms with E-state index in [0.29, 0.717) is 27.5 Å². The summed E-state index contributed by atoms with van der Waals surface area (Å²) < 4.78 is 10.1. The standard InChI is InChI=1S/C20H15ClN2O4/c1-26-20(25)17-15(10-11-27-17)18-22-16-5-3-2-4-14(16)19(24)23(18)13-8-6-12(21)7-9-13/h2-11,18,22H,1H3/t18-/m1/s1. The Bertz CT molecular complexity index is 1010. The van der Waals surface area contributed by atoms with E-state index in [9.17, 15) is 9.59 Å². The number of nitrogens with one attached hydrogen (secondary N) is 1. The molecule has 1 atom stereocenters. The first-order chi connectivity index (χ1) is 13.1. The van der Waals surface area contributed by atoms with Gasteiger partial charge in [-0.2, -0.15) is 0 Å². The Balaban J connectivity index is 1.87. The lowest BCUT2D eigenvalue weighted by Gasteiger charge is -2.37. The number of anilines is 2. The molecule has 27 heavy (non-hydrogen) atoms. The maximum Gasteiger partial charge on any atom is 0.374 e. The summed E-state index contributed by atoms with van der Waals surface area (Å²) in [5.41, 5.74) is 2.34. The Morgan fingerprint density at radius 3 is 2.63 bits per heavy atom. The Hall–Kier alpha value is -3.25. The van der Waals surface area contributed by atoms with Crippen LogP contribution in [0.2, 0.25) is 5.02 Å². The molecule has 1 aromatic heterocycles. The zero-order chi connectivity index (χ0) is 19.0. The van der Waals surface area contributed by atoms with Crippen LogP contribution in [0.4, 0.5) is 11.4 Å². The number of nitrogens with zero attached hydrogens (tertiary/aromatic N) is 1. The quantitative estimate of drug-likeness (QED) is 0.676. The highest BCUT2D eigenvalue weighted by atomic mass is 35.5. The van der Waals surface area contributed by atoms with Crippen LogP contribution in [-0.4, -0.2) is 19.0 Å². The van der Waals surface area contributed by atoms with Crippen LogP contribution in [-0.2, 0) is 4.74 Å². The number of carbonyl (C=O) groups excluding carboxylic acids is 2. The fourth-order valence-corrected chi connectivity index (χ4v) is 3.26. The Morgan fingerprint density at radius 1 is 1.15 bits per heavy atom. The van der Waals surface area contributed by atoms with Crippen LogP contribution in [0.5, 0.6) is 0 Å². The van der Waals surface area contributed by atoms with E-state index < -0.39 is 12.1 Å². The van der Waals surface area contributed by atoms with Gasteiger partial charge in [0.25, 0.3) is 5.91 Å². The molecular formula is C20H15ClN2O4. The monoisotopic (exact) mass is 382 g/mol. The first kappa shape index (κ1) is 17.2. The van der Waals surface area contributed by atoms with Crippen molar-refractivity contribution in [2.75, 3.05) is 17.3 Å². The van der Waals surface area contributed by atoms with Crippen molar-refractivity contribution in [3.8, 4) is 0 Å². The van der Waals surface area contributed by atoms with Crippen molar-refractivity contribution in [3.05, 3.63) is 82.8 Å². The molecule has 0 saturated heterocycles. The molecule has 0 fully saturated rings. The van der Waals surface area contributed by atoms with E-state index in [0.717, 1.165) is 0 Å². The lowest BCUT2D eigenvalue weighted by molar-refractivity contribution is 0.0562. The number of ether oxygens (including phenoxy) is 1. The second-order valence-electron chi connectivity index (χ2n) is 5.94. The minimum Gasteiger partial charge on any atom is -0.463 e. The van der Waals surface area contributed by atoms with Crippen LogP contribution >= 0.6 is 11.6 Å². The van der Waals surface area contributed by atoms with Crippen molar-refractivity contribution >= 4 is 34.9 Å². The van der Waals surface area contributed by atoms with Crippen molar-refractivity contribution in [1.29, 1.82) is 0 Å². The molecule has 136 valence electrons. The molecule has 0 spiro atoms. The first-order valence-corrected chi connectivity index (χ1v) is 8.58. The zero-order valence-electron chi connectivity index (χ0n) is 14.3. The number of esters is 1. The predicted molar refractivity (Wildman–Crippen MR) is 101 cm³/mol. The van der Waals surface area contributed by atoms with Crippen molar-refractivity contribution in [2.45, 2.75) is 6.17 Å². The molecule has 7 heteroatoms. The van der Waals surface area contributed by atoms with Gasteiger partial charge in [-0.1, -0.05) is 23.7 Å². The highest BCUT2D eigenvalue weighted by molar-refractivity contribution is 6.30. The average molecular weight is 383 g/mol. The van der Waals surface area contributed by atoms with Gasteiger partial charge in [0.1, 0.15) is 6.17 Å². The normalized spacial score (nSPS) is 15.9. The van der Waals surface area contributed by atoms with Gasteiger partial charge in [-0.15, -0.1) is 0 Å². The van der Waals surface area contributed by atoms with Crippen LogP contribution in [0.25, 0.3) is 0 Å². The van der Waals surface area contributed by atoms with Crippen molar-refractivity contribution in [2.24, 2.45) is 0 Å². The Morgan fingerprint density at radius 2 is 1.89 bits per heavy atom. The van der Waals surface area contributed by atoms with E-state index in [1.54, 1.807) is 47.4 Å². The molecule has 1 aliphatic heterocycles. The van der Waals surface area contributed by atoms with E-state index >= 15 is 0 Å². The predicted octanol–water partition coefficient (Wildman–Crippen LogP) is 4.49. The number of furan rings is 1. The van der Waals surface area contributed by atoms with Crippen molar-refractivity contribution < 1.29 is 18.7 Å². The minimum absolute atomic E-state index is 0.0427. The molecule has 0 unspecified atom stereocenters. The third kappa shape index (κ3) is 2.94. The van der Waals surface area contributed by atoms with Gasteiger partial charge < -0.3 is 14.5 Å². The van der Waals surface area contributed by atoms with Crippen LogP contribution < -0.4 is 10.2 Å². The van der Waals surface area contributed by atoms with Gasteiger partial charge in [0, 0.05) is 22.0 Å². The third-order valence-corrected chi connectivity index (χ3v) is 4.64. The molecule has 0 bridgehead atoms. The summed E-state index contributed by atoms with van der Waals surface area (Å²) in [6.45, 7) is 0. The Labute approximate surface area is 160 Å². The summed E-state index contributed by atoms with van der Waals surface area (Å²) in [5.74, 6) is -0.769. The topological polar surface area (TPSA) is 71.8 Å². The molecule has 0 radical (unpaired) electrons.